The van der Waals surface area contributed by atoms with Crippen LogP contribution in [0.5, 0.6) is 0 Å². The molecule has 0 atom stereocenters. The molecule has 0 saturated carbocycles. The highest BCUT2D eigenvalue weighted by molar-refractivity contribution is 6.06. The zero-order chi connectivity index (χ0) is 11.0. The van der Waals surface area contributed by atoms with Crippen LogP contribution < -0.4 is 22.9 Å². The SMILES string of the molecule is Cc1c(C)c(N)c(C(N)=O)c(N)c1N. The number of hydrogen-bond acceptors (Lipinski definition) is 4. The lowest BCUT2D eigenvalue weighted by Crippen LogP contribution is -2.18. The van der Waals surface area contributed by atoms with Gasteiger partial charge in [0, 0.05) is 5.69 Å². The van der Waals surface area contributed by atoms with Gasteiger partial charge < -0.3 is 22.9 Å². The third-order valence-corrected chi connectivity index (χ3v) is 2.45. The van der Waals surface area contributed by atoms with Crippen molar-refractivity contribution in [2.75, 3.05) is 17.2 Å². The lowest BCUT2D eigenvalue weighted by Gasteiger charge is -2.14. The molecule has 1 amide bonds. The van der Waals surface area contributed by atoms with E-state index in [0.717, 1.165) is 11.1 Å². The Hall–Kier alpha value is -1.91. The average Bonchev–Trinajstić information content (AvgIpc) is 2.11. The van der Waals surface area contributed by atoms with E-state index in [2.05, 4.69) is 0 Å². The number of carbonyl (C=O) groups is 1. The summed E-state index contributed by atoms with van der Waals surface area (Å²) in [5, 5.41) is 0. The number of primary amides is 1. The third kappa shape index (κ3) is 1.22. The molecule has 0 saturated heterocycles. The maximum absolute atomic E-state index is 11.1. The summed E-state index contributed by atoms with van der Waals surface area (Å²) in [5.74, 6) is -0.658. The number of rotatable bonds is 1. The van der Waals surface area contributed by atoms with Crippen LogP contribution in [0.3, 0.4) is 0 Å². The molecule has 5 nitrogen and oxygen atoms in total. The van der Waals surface area contributed by atoms with Crippen molar-refractivity contribution >= 4 is 23.0 Å². The Balaban J connectivity index is 3.68. The van der Waals surface area contributed by atoms with Crippen LogP contribution in [0.15, 0.2) is 0 Å². The van der Waals surface area contributed by atoms with E-state index in [1.54, 1.807) is 13.8 Å². The maximum atomic E-state index is 11.1. The molecule has 0 spiro atoms. The van der Waals surface area contributed by atoms with Crippen molar-refractivity contribution in [3.8, 4) is 0 Å². The van der Waals surface area contributed by atoms with Crippen LogP contribution in [0.25, 0.3) is 0 Å². The van der Waals surface area contributed by atoms with Gasteiger partial charge in [-0.1, -0.05) is 0 Å². The third-order valence-electron chi connectivity index (χ3n) is 2.45. The first-order valence-electron chi connectivity index (χ1n) is 4.11. The number of nitrogen functional groups attached to an aromatic ring is 3. The van der Waals surface area contributed by atoms with Crippen LogP contribution in [-0.2, 0) is 0 Å². The average molecular weight is 194 g/mol. The highest BCUT2D eigenvalue weighted by Crippen LogP contribution is 2.32. The molecule has 0 aliphatic rings. The fraction of sp³-hybridized carbons (Fsp3) is 0.222. The molecule has 0 bridgehead atoms. The van der Waals surface area contributed by atoms with Crippen molar-refractivity contribution in [1.29, 1.82) is 0 Å². The zero-order valence-electron chi connectivity index (χ0n) is 8.22. The molecule has 14 heavy (non-hydrogen) atoms. The Morgan fingerprint density at radius 3 is 1.79 bits per heavy atom. The summed E-state index contributed by atoms with van der Waals surface area (Å²) in [4.78, 5) is 11.1. The Labute approximate surface area is 82.0 Å². The summed E-state index contributed by atoms with van der Waals surface area (Å²) in [6.45, 7) is 3.56. The minimum absolute atomic E-state index is 0.116. The van der Waals surface area contributed by atoms with Gasteiger partial charge in [0.25, 0.3) is 5.91 Å². The van der Waals surface area contributed by atoms with E-state index in [1.807, 2.05) is 0 Å². The molecule has 1 rings (SSSR count). The predicted octanol–water partition coefficient (Wildman–Crippen LogP) is 0.149. The Bertz CT molecular complexity index is 383. The number of anilines is 3. The molecular formula is C9H14N4O. The predicted molar refractivity (Wildman–Crippen MR) is 57.7 cm³/mol. The second kappa shape index (κ2) is 3.10. The lowest BCUT2D eigenvalue weighted by molar-refractivity contribution is 0.100. The topological polar surface area (TPSA) is 121 Å². The second-order valence-corrected chi connectivity index (χ2v) is 3.23. The first-order chi connectivity index (χ1) is 6.37. The number of carbonyl (C=O) groups excluding carboxylic acids is 1. The van der Waals surface area contributed by atoms with Crippen LogP contribution in [0.4, 0.5) is 17.1 Å². The quantitative estimate of drug-likeness (QED) is 0.475. The Morgan fingerprint density at radius 1 is 0.929 bits per heavy atom. The van der Waals surface area contributed by atoms with Gasteiger partial charge in [-0.25, -0.2) is 0 Å². The highest BCUT2D eigenvalue weighted by Gasteiger charge is 2.17. The highest BCUT2D eigenvalue weighted by atomic mass is 16.1. The Kier molecular flexibility index (Phi) is 2.25. The first kappa shape index (κ1) is 10.2. The summed E-state index contributed by atoms with van der Waals surface area (Å²) in [5.41, 5.74) is 24.7. The molecule has 0 fully saturated rings. The summed E-state index contributed by atoms with van der Waals surface area (Å²) in [6.07, 6.45) is 0. The van der Waals surface area contributed by atoms with E-state index in [4.69, 9.17) is 22.9 Å². The molecule has 0 aromatic heterocycles. The number of hydrogen-bond donors (Lipinski definition) is 4. The fourth-order valence-electron chi connectivity index (χ4n) is 1.34. The minimum atomic E-state index is -0.658. The van der Waals surface area contributed by atoms with Gasteiger partial charge in [-0.3, -0.25) is 4.79 Å². The van der Waals surface area contributed by atoms with Gasteiger partial charge in [0.05, 0.1) is 16.9 Å². The van der Waals surface area contributed by atoms with Gasteiger partial charge in [0.15, 0.2) is 0 Å². The standard InChI is InChI=1S/C9H14N4O/c1-3-4(2)7(11)8(12)5(6(3)10)9(13)14/h10-12H2,1-2H3,(H2,13,14). The van der Waals surface area contributed by atoms with Crippen molar-refractivity contribution in [1.82, 2.24) is 0 Å². The summed E-state index contributed by atoms with van der Waals surface area (Å²) < 4.78 is 0. The molecule has 8 N–H and O–H groups in total. The van der Waals surface area contributed by atoms with Crippen LogP contribution in [0.1, 0.15) is 21.5 Å². The first-order valence-corrected chi connectivity index (χ1v) is 4.11. The van der Waals surface area contributed by atoms with Gasteiger partial charge >= 0.3 is 0 Å². The Morgan fingerprint density at radius 2 is 1.36 bits per heavy atom. The van der Waals surface area contributed by atoms with Gasteiger partial charge in [0.1, 0.15) is 0 Å². The van der Waals surface area contributed by atoms with E-state index in [-0.39, 0.29) is 11.3 Å². The summed E-state index contributed by atoms with van der Waals surface area (Å²) in [6, 6.07) is 0. The number of amides is 1. The number of nitrogens with two attached hydrogens (primary N) is 4. The molecule has 0 heterocycles. The number of benzene rings is 1. The van der Waals surface area contributed by atoms with Crippen molar-refractivity contribution in [3.63, 3.8) is 0 Å². The second-order valence-electron chi connectivity index (χ2n) is 3.23. The zero-order valence-corrected chi connectivity index (χ0v) is 8.22. The lowest BCUT2D eigenvalue weighted by atomic mass is 9.98. The van der Waals surface area contributed by atoms with Gasteiger partial charge in [-0.2, -0.15) is 0 Å². The van der Waals surface area contributed by atoms with E-state index >= 15 is 0 Å². The molecular weight excluding hydrogens is 180 g/mol. The van der Waals surface area contributed by atoms with Gasteiger partial charge in [-0.05, 0) is 25.0 Å². The van der Waals surface area contributed by atoms with Crippen LogP contribution >= 0.6 is 0 Å². The van der Waals surface area contributed by atoms with Gasteiger partial charge in [-0.15, -0.1) is 0 Å². The van der Waals surface area contributed by atoms with E-state index in [0.29, 0.717) is 11.4 Å². The molecule has 76 valence electrons. The molecule has 0 aliphatic carbocycles. The minimum Gasteiger partial charge on any atom is -0.398 e. The van der Waals surface area contributed by atoms with E-state index in [1.165, 1.54) is 0 Å². The molecule has 1 aromatic carbocycles. The summed E-state index contributed by atoms with van der Waals surface area (Å²) in [7, 11) is 0. The van der Waals surface area contributed by atoms with Crippen molar-refractivity contribution in [3.05, 3.63) is 16.7 Å². The van der Waals surface area contributed by atoms with Crippen LogP contribution in [-0.4, -0.2) is 5.91 Å². The molecule has 0 radical (unpaired) electrons. The monoisotopic (exact) mass is 194 g/mol. The maximum Gasteiger partial charge on any atom is 0.252 e. The molecule has 1 aromatic rings. The van der Waals surface area contributed by atoms with Crippen molar-refractivity contribution in [2.24, 2.45) is 5.73 Å². The molecule has 0 unspecified atom stereocenters. The van der Waals surface area contributed by atoms with Crippen molar-refractivity contribution in [2.45, 2.75) is 13.8 Å². The van der Waals surface area contributed by atoms with E-state index in [9.17, 15) is 4.79 Å². The largest absolute Gasteiger partial charge is 0.398 e. The van der Waals surface area contributed by atoms with Gasteiger partial charge in [0.2, 0.25) is 0 Å². The summed E-state index contributed by atoms with van der Waals surface area (Å²) >= 11 is 0. The van der Waals surface area contributed by atoms with Crippen molar-refractivity contribution < 1.29 is 4.79 Å². The smallest absolute Gasteiger partial charge is 0.252 e. The van der Waals surface area contributed by atoms with E-state index < -0.39 is 5.91 Å². The fourth-order valence-corrected chi connectivity index (χ4v) is 1.34. The molecule has 5 heteroatoms. The van der Waals surface area contributed by atoms with Crippen LogP contribution in [0.2, 0.25) is 0 Å². The van der Waals surface area contributed by atoms with Crippen LogP contribution in [0, 0.1) is 13.8 Å². The molecule has 0 aliphatic heterocycles. The normalized spacial score (nSPS) is 10.1.